The second-order valence-corrected chi connectivity index (χ2v) is 4.31. The van der Waals surface area contributed by atoms with E-state index in [9.17, 15) is 0 Å². The summed E-state index contributed by atoms with van der Waals surface area (Å²) in [7, 11) is 0. The van der Waals surface area contributed by atoms with E-state index in [1.807, 2.05) is 4.90 Å². The first-order valence-electron chi connectivity index (χ1n) is 5.90. The Kier molecular flexibility index (Phi) is 9.85. The van der Waals surface area contributed by atoms with Gasteiger partial charge in [-0.15, -0.1) is 24.0 Å². The molecular weight excluding hydrogens is 333 g/mol. The fourth-order valence-corrected chi connectivity index (χ4v) is 1.44. The van der Waals surface area contributed by atoms with Gasteiger partial charge in [-0.3, -0.25) is 4.99 Å². The molecule has 0 saturated carbocycles. The van der Waals surface area contributed by atoms with Crippen molar-refractivity contribution in [2.24, 2.45) is 16.6 Å². The third kappa shape index (κ3) is 7.77. The number of morpholine rings is 1. The van der Waals surface area contributed by atoms with Crippen molar-refractivity contribution < 1.29 is 9.47 Å². The number of nitrogens with zero attached hydrogens (tertiary/aromatic N) is 2. The first kappa shape index (κ1) is 16.9. The molecule has 2 N–H and O–H groups in total. The van der Waals surface area contributed by atoms with Gasteiger partial charge in [-0.1, -0.05) is 13.8 Å². The van der Waals surface area contributed by atoms with Gasteiger partial charge in [0, 0.05) is 19.7 Å². The SMILES string of the molecule is CC(C)COCCN=C(N)N1CCOCC1.I. The van der Waals surface area contributed by atoms with Gasteiger partial charge < -0.3 is 20.1 Å². The lowest BCUT2D eigenvalue weighted by Crippen LogP contribution is -2.45. The quantitative estimate of drug-likeness (QED) is 0.344. The summed E-state index contributed by atoms with van der Waals surface area (Å²) in [5.41, 5.74) is 5.86. The van der Waals surface area contributed by atoms with Crippen LogP contribution in [0.4, 0.5) is 0 Å². The first-order chi connectivity index (χ1) is 7.70. The van der Waals surface area contributed by atoms with Crippen molar-refractivity contribution in [3.05, 3.63) is 0 Å². The minimum Gasteiger partial charge on any atom is -0.379 e. The van der Waals surface area contributed by atoms with Crippen LogP contribution in [-0.4, -0.2) is 56.9 Å². The Morgan fingerprint density at radius 2 is 2.06 bits per heavy atom. The molecule has 0 aromatic heterocycles. The highest BCUT2D eigenvalue weighted by Gasteiger charge is 2.11. The minimum absolute atomic E-state index is 0. The Bertz CT molecular complexity index is 219. The molecule has 6 heteroatoms. The van der Waals surface area contributed by atoms with E-state index in [-0.39, 0.29) is 24.0 Å². The van der Waals surface area contributed by atoms with Gasteiger partial charge in [-0.05, 0) is 5.92 Å². The number of rotatable bonds is 5. The van der Waals surface area contributed by atoms with Gasteiger partial charge in [0.25, 0.3) is 0 Å². The summed E-state index contributed by atoms with van der Waals surface area (Å²) in [5, 5.41) is 0. The minimum atomic E-state index is 0. The summed E-state index contributed by atoms with van der Waals surface area (Å²) in [4.78, 5) is 6.33. The van der Waals surface area contributed by atoms with Crippen LogP contribution in [0.1, 0.15) is 13.8 Å². The molecule has 1 rings (SSSR count). The Morgan fingerprint density at radius 1 is 1.41 bits per heavy atom. The van der Waals surface area contributed by atoms with Gasteiger partial charge in [-0.2, -0.15) is 0 Å². The van der Waals surface area contributed by atoms with Crippen LogP contribution in [0.2, 0.25) is 0 Å². The maximum absolute atomic E-state index is 5.86. The van der Waals surface area contributed by atoms with Crippen molar-refractivity contribution in [3.8, 4) is 0 Å². The molecule has 5 nitrogen and oxygen atoms in total. The van der Waals surface area contributed by atoms with Crippen LogP contribution in [0, 0.1) is 5.92 Å². The van der Waals surface area contributed by atoms with Crippen molar-refractivity contribution in [1.29, 1.82) is 0 Å². The maximum atomic E-state index is 5.86. The standard InChI is InChI=1S/C11H23N3O2.HI/c1-10(2)9-16-6-3-13-11(12)14-4-7-15-8-5-14;/h10H,3-9H2,1-2H3,(H2,12,13);1H. The molecule has 0 spiro atoms. The Hall–Kier alpha value is -0.0800. The number of ether oxygens (including phenoxy) is 2. The lowest BCUT2D eigenvalue weighted by Gasteiger charge is -2.27. The van der Waals surface area contributed by atoms with E-state index in [0.29, 0.717) is 25.0 Å². The molecule has 0 unspecified atom stereocenters. The van der Waals surface area contributed by atoms with E-state index in [0.717, 1.165) is 32.9 Å². The topological polar surface area (TPSA) is 60.1 Å². The highest BCUT2D eigenvalue weighted by Crippen LogP contribution is 1.96. The smallest absolute Gasteiger partial charge is 0.191 e. The Balaban J connectivity index is 0.00000256. The average molecular weight is 357 g/mol. The number of halogens is 1. The molecule has 1 aliphatic rings. The molecule has 0 aromatic rings. The van der Waals surface area contributed by atoms with E-state index in [1.165, 1.54) is 0 Å². The lowest BCUT2D eigenvalue weighted by atomic mass is 10.2. The third-order valence-electron chi connectivity index (χ3n) is 2.30. The molecular formula is C11H24IN3O2. The van der Waals surface area contributed by atoms with Crippen LogP contribution in [0.3, 0.4) is 0 Å². The average Bonchev–Trinajstić information content (AvgIpc) is 2.29. The fourth-order valence-electron chi connectivity index (χ4n) is 1.44. The van der Waals surface area contributed by atoms with Crippen molar-refractivity contribution in [2.75, 3.05) is 46.1 Å². The first-order valence-corrected chi connectivity index (χ1v) is 5.90. The number of guanidine groups is 1. The van der Waals surface area contributed by atoms with E-state index in [4.69, 9.17) is 15.2 Å². The van der Waals surface area contributed by atoms with E-state index >= 15 is 0 Å². The second-order valence-electron chi connectivity index (χ2n) is 4.31. The van der Waals surface area contributed by atoms with Crippen molar-refractivity contribution >= 4 is 29.9 Å². The zero-order chi connectivity index (χ0) is 11.8. The number of aliphatic imine (C=N–C) groups is 1. The molecule has 0 atom stereocenters. The van der Waals surface area contributed by atoms with Crippen molar-refractivity contribution in [3.63, 3.8) is 0 Å². The van der Waals surface area contributed by atoms with E-state index in [1.54, 1.807) is 0 Å². The molecule has 0 aliphatic carbocycles. The lowest BCUT2D eigenvalue weighted by molar-refractivity contribution is 0.0672. The predicted octanol–water partition coefficient (Wildman–Crippen LogP) is 0.924. The van der Waals surface area contributed by atoms with E-state index < -0.39 is 0 Å². The molecule has 1 fully saturated rings. The zero-order valence-corrected chi connectivity index (χ0v) is 13.1. The van der Waals surface area contributed by atoms with E-state index in [2.05, 4.69) is 18.8 Å². The molecule has 17 heavy (non-hydrogen) atoms. The van der Waals surface area contributed by atoms with Crippen LogP contribution in [0.5, 0.6) is 0 Å². The number of nitrogens with two attached hydrogens (primary N) is 1. The normalized spacial score (nSPS) is 17.1. The van der Waals surface area contributed by atoms with Gasteiger partial charge in [0.1, 0.15) is 0 Å². The monoisotopic (exact) mass is 357 g/mol. The highest BCUT2D eigenvalue weighted by atomic mass is 127. The van der Waals surface area contributed by atoms with Crippen LogP contribution >= 0.6 is 24.0 Å². The Morgan fingerprint density at radius 3 is 2.65 bits per heavy atom. The van der Waals surface area contributed by atoms with Crippen LogP contribution in [0.25, 0.3) is 0 Å². The highest BCUT2D eigenvalue weighted by molar-refractivity contribution is 14.0. The molecule has 0 radical (unpaired) electrons. The van der Waals surface area contributed by atoms with Gasteiger partial charge in [0.15, 0.2) is 5.96 Å². The molecule has 1 saturated heterocycles. The molecule has 0 amide bonds. The third-order valence-corrected chi connectivity index (χ3v) is 2.30. The van der Waals surface area contributed by atoms with Crippen molar-refractivity contribution in [2.45, 2.75) is 13.8 Å². The van der Waals surface area contributed by atoms with Crippen LogP contribution < -0.4 is 5.73 Å². The van der Waals surface area contributed by atoms with Gasteiger partial charge in [0.05, 0.1) is 26.4 Å². The van der Waals surface area contributed by atoms with Crippen LogP contribution in [0.15, 0.2) is 4.99 Å². The molecule has 0 aromatic carbocycles. The summed E-state index contributed by atoms with van der Waals surface area (Å²) < 4.78 is 10.7. The summed E-state index contributed by atoms with van der Waals surface area (Å²) in [5.74, 6) is 1.18. The van der Waals surface area contributed by atoms with Crippen LogP contribution in [-0.2, 0) is 9.47 Å². The summed E-state index contributed by atoms with van der Waals surface area (Å²) >= 11 is 0. The molecule has 102 valence electrons. The maximum Gasteiger partial charge on any atom is 0.191 e. The summed E-state index contributed by atoms with van der Waals surface area (Å²) in [6.45, 7) is 9.47. The van der Waals surface area contributed by atoms with Gasteiger partial charge in [-0.25, -0.2) is 0 Å². The van der Waals surface area contributed by atoms with Gasteiger partial charge in [0.2, 0.25) is 0 Å². The predicted molar refractivity (Wildman–Crippen MR) is 80.0 cm³/mol. The molecule has 1 heterocycles. The fraction of sp³-hybridized carbons (Fsp3) is 0.909. The largest absolute Gasteiger partial charge is 0.379 e. The zero-order valence-electron chi connectivity index (χ0n) is 10.7. The van der Waals surface area contributed by atoms with Gasteiger partial charge >= 0.3 is 0 Å². The number of hydrogen-bond donors (Lipinski definition) is 1. The second kappa shape index (κ2) is 9.90. The van der Waals surface area contributed by atoms with Crippen molar-refractivity contribution in [1.82, 2.24) is 4.90 Å². The molecule has 0 bridgehead atoms. The molecule has 1 aliphatic heterocycles. The number of hydrogen-bond acceptors (Lipinski definition) is 3. The summed E-state index contributed by atoms with van der Waals surface area (Å²) in [6, 6.07) is 0. The Labute approximate surface area is 121 Å². The summed E-state index contributed by atoms with van der Waals surface area (Å²) in [6.07, 6.45) is 0.